The summed E-state index contributed by atoms with van der Waals surface area (Å²) >= 11 is 0. The molecular weight excluding hydrogens is 201 g/mol. The van der Waals surface area contributed by atoms with Crippen LogP contribution in [0.25, 0.3) is 0 Å². The lowest BCUT2D eigenvalue weighted by Crippen LogP contribution is -2.51. The molecule has 1 saturated heterocycles. The third kappa shape index (κ3) is 2.58. The Hall–Kier alpha value is -0.820. The van der Waals surface area contributed by atoms with Crippen LogP contribution in [0.5, 0.6) is 0 Å². The Morgan fingerprint density at radius 1 is 1.57 bits per heavy atom. The lowest BCUT2D eigenvalue weighted by atomic mass is 10.2. The van der Waals surface area contributed by atoms with Crippen LogP contribution >= 0.6 is 0 Å². The van der Waals surface area contributed by atoms with Gasteiger partial charge in [-0.3, -0.25) is 10.2 Å². The van der Waals surface area contributed by atoms with Gasteiger partial charge in [-0.25, -0.2) is 5.01 Å². The predicted octanol–water partition coefficient (Wildman–Crippen LogP) is 0.0366. The van der Waals surface area contributed by atoms with Crippen LogP contribution in [0.3, 0.4) is 0 Å². The zero-order valence-electron chi connectivity index (χ0n) is 7.34. The summed E-state index contributed by atoms with van der Waals surface area (Å²) in [4.78, 5) is 10.5. The van der Waals surface area contributed by atoms with E-state index in [1.54, 1.807) is 5.43 Å². The molecule has 0 spiro atoms. The van der Waals surface area contributed by atoms with E-state index in [1.807, 2.05) is 0 Å². The molecule has 0 aromatic rings. The van der Waals surface area contributed by atoms with Crippen molar-refractivity contribution in [2.45, 2.75) is 25.1 Å². The van der Waals surface area contributed by atoms with E-state index < -0.39 is 18.1 Å². The van der Waals surface area contributed by atoms with Gasteiger partial charge in [0, 0.05) is 6.54 Å². The molecule has 1 rings (SSSR count). The number of carbonyl (C=O) groups is 1. The lowest BCUT2D eigenvalue weighted by molar-refractivity contribution is -0.179. The van der Waals surface area contributed by atoms with Crippen molar-refractivity contribution in [3.63, 3.8) is 0 Å². The van der Waals surface area contributed by atoms with Crippen LogP contribution in [0.4, 0.5) is 13.2 Å². The van der Waals surface area contributed by atoms with Gasteiger partial charge < -0.3 is 5.11 Å². The molecule has 82 valence electrons. The van der Waals surface area contributed by atoms with Crippen molar-refractivity contribution in [2.24, 2.45) is 0 Å². The minimum Gasteiger partial charge on any atom is -0.395 e. The van der Waals surface area contributed by atoms with Crippen molar-refractivity contribution in [1.29, 1.82) is 0 Å². The van der Waals surface area contributed by atoms with Crippen molar-refractivity contribution < 1.29 is 23.1 Å². The third-order valence-electron chi connectivity index (χ3n) is 2.09. The zero-order valence-corrected chi connectivity index (χ0v) is 7.34. The quantitative estimate of drug-likeness (QED) is 0.679. The van der Waals surface area contributed by atoms with Gasteiger partial charge in [-0.1, -0.05) is 0 Å². The number of hydrogen-bond acceptors (Lipinski definition) is 3. The molecule has 0 saturated carbocycles. The average molecular weight is 212 g/mol. The number of hydrogen-bond donors (Lipinski definition) is 2. The number of rotatable bonds is 2. The predicted molar refractivity (Wildman–Crippen MR) is 41.0 cm³/mol. The first-order valence-corrected chi connectivity index (χ1v) is 4.20. The molecule has 0 radical (unpaired) electrons. The molecule has 1 aliphatic heterocycles. The third-order valence-corrected chi connectivity index (χ3v) is 2.09. The normalized spacial score (nSPS) is 23.9. The fourth-order valence-electron chi connectivity index (χ4n) is 1.37. The van der Waals surface area contributed by atoms with Gasteiger partial charge in [-0.2, -0.15) is 13.2 Å². The van der Waals surface area contributed by atoms with Crippen molar-refractivity contribution in [3.05, 3.63) is 0 Å². The largest absolute Gasteiger partial charge is 0.472 e. The lowest BCUT2D eigenvalue weighted by Gasteiger charge is -2.23. The van der Waals surface area contributed by atoms with E-state index in [0.29, 0.717) is 19.4 Å². The van der Waals surface area contributed by atoms with Crippen LogP contribution in [-0.4, -0.2) is 41.4 Å². The Morgan fingerprint density at radius 3 is 2.71 bits per heavy atom. The van der Waals surface area contributed by atoms with Gasteiger partial charge in [-0.05, 0) is 12.8 Å². The van der Waals surface area contributed by atoms with Crippen molar-refractivity contribution in [1.82, 2.24) is 10.4 Å². The van der Waals surface area contributed by atoms with Gasteiger partial charge >= 0.3 is 12.1 Å². The van der Waals surface area contributed by atoms with E-state index in [2.05, 4.69) is 0 Å². The molecule has 0 aromatic heterocycles. The van der Waals surface area contributed by atoms with Gasteiger partial charge in [-0.15, -0.1) is 0 Å². The first-order valence-electron chi connectivity index (χ1n) is 4.20. The fraction of sp³-hybridized carbons (Fsp3) is 0.857. The van der Waals surface area contributed by atoms with E-state index in [0.717, 1.165) is 5.01 Å². The van der Waals surface area contributed by atoms with E-state index in [4.69, 9.17) is 5.11 Å². The highest BCUT2D eigenvalue weighted by molar-refractivity contribution is 5.81. The van der Waals surface area contributed by atoms with Crippen LogP contribution in [-0.2, 0) is 4.79 Å². The van der Waals surface area contributed by atoms with Crippen molar-refractivity contribution >= 4 is 5.91 Å². The molecule has 4 nitrogen and oxygen atoms in total. The van der Waals surface area contributed by atoms with E-state index >= 15 is 0 Å². The molecule has 1 fully saturated rings. The molecule has 1 heterocycles. The summed E-state index contributed by atoms with van der Waals surface area (Å²) in [5, 5.41) is 9.91. The maximum atomic E-state index is 11.8. The standard InChI is InChI=1S/C7H11F3N2O2/c8-7(9,10)6(14)11-12-3-1-2-5(12)4-13/h5,13H,1-4H2,(H,11,14). The Labute approximate surface area is 78.7 Å². The number of hydrazine groups is 1. The maximum Gasteiger partial charge on any atom is 0.472 e. The molecule has 0 bridgehead atoms. The summed E-state index contributed by atoms with van der Waals surface area (Å²) < 4.78 is 35.5. The Kier molecular flexibility index (Phi) is 3.33. The van der Waals surface area contributed by atoms with Crippen LogP contribution in [0.1, 0.15) is 12.8 Å². The summed E-state index contributed by atoms with van der Waals surface area (Å²) in [5.41, 5.74) is 1.73. The molecule has 1 amide bonds. The number of aliphatic hydroxyl groups is 1. The number of nitrogens with zero attached hydrogens (tertiary/aromatic N) is 1. The van der Waals surface area contributed by atoms with Gasteiger partial charge in [0.1, 0.15) is 0 Å². The molecule has 1 aliphatic rings. The number of halogens is 3. The number of nitrogens with one attached hydrogen (secondary N) is 1. The second-order valence-electron chi connectivity index (χ2n) is 3.11. The smallest absolute Gasteiger partial charge is 0.395 e. The van der Waals surface area contributed by atoms with Gasteiger partial charge in [0.2, 0.25) is 0 Å². The van der Waals surface area contributed by atoms with Gasteiger partial charge in [0.15, 0.2) is 0 Å². The zero-order chi connectivity index (χ0) is 10.8. The SMILES string of the molecule is O=C(NN1CCCC1CO)C(F)(F)F. The van der Waals surface area contributed by atoms with Gasteiger partial charge in [0.25, 0.3) is 0 Å². The first kappa shape index (κ1) is 11.3. The number of amides is 1. The maximum absolute atomic E-state index is 11.8. The molecule has 1 atom stereocenters. The Balaban J connectivity index is 2.48. The van der Waals surface area contributed by atoms with Crippen LogP contribution in [0.2, 0.25) is 0 Å². The van der Waals surface area contributed by atoms with Crippen molar-refractivity contribution in [2.75, 3.05) is 13.2 Å². The van der Waals surface area contributed by atoms with Crippen LogP contribution in [0.15, 0.2) is 0 Å². The second-order valence-corrected chi connectivity index (χ2v) is 3.11. The van der Waals surface area contributed by atoms with E-state index in [1.165, 1.54) is 0 Å². The highest BCUT2D eigenvalue weighted by Gasteiger charge is 2.41. The Morgan fingerprint density at radius 2 is 2.21 bits per heavy atom. The molecule has 0 aliphatic carbocycles. The van der Waals surface area contributed by atoms with Crippen LogP contribution in [0, 0.1) is 0 Å². The summed E-state index contributed by atoms with van der Waals surface area (Å²) in [7, 11) is 0. The second kappa shape index (κ2) is 4.14. The highest BCUT2D eigenvalue weighted by Crippen LogP contribution is 2.18. The summed E-state index contributed by atoms with van der Waals surface area (Å²) in [6, 6.07) is -0.402. The van der Waals surface area contributed by atoms with Crippen molar-refractivity contribution in [3.8, 4) is 0 Å². The molecular formula is C7H11F3N2O2. The number of aliphatic hydroxyl groups excluding tert-OH is 1. The molecule has 1 unspecified atom stereocenters. The summed E-state index contributed by atoms with van der Waals surface area (Å²) in [6.07, 6.45) is -3.61. The van der Waals surface area contributed by atoms with Crippen LogP contribution < -0.4 is 5.43 Å². The highest BCUT2D eigenvalue weighted by atomic mass is 19.4. The average Bonchev–Trinajstić information content (AvgIpc) is 2.50. The summed E-state index contributed by atoms with van der Waals surface area (Å²) in [6.45, 7) is 0.0885. The number of carbonyl (C=O) groups excluding carboxylic acids is 1. The van der Waals surface area contributed by atoms with E-state index in [-0.39, 0.29) is 6.61 Å². The summed E-state index contributed by atoms with van der Waals surface area (Å²) in [5.74, 6) is -1.99. The number of alkyl halides is 3. The molecule has 0 aromatic carbocycles. The topological polar surface area (TPSA) is 52.6 Å². The fourth-order valence-corrected chi connectivity index (χ4v) is 1.37. The Bertz CT molecular complexity index is 219. The first-order chi connectivity index (χ1) is 6.45. The molecule has 7 heteroatoms. The molecule has 2 N–H and O–H groups in total. The van der Waals surface area contributed by atoms with Gasteiger partial charge in [0.05, 0.1) is 12.6 Å². The molecule has 14 heavy (non-hydrogen) atoms. The van der Waals surface area contributed by atoms with E-state index in [9.17, 15) is 18.0 Å². The minimum absolute atomic E-state index is 0.252. The monoisotopic (exact) mass is 212 g/mol. The minimum atomic E-state index is -4.87.